The normalized spacial score (nSPS) is 22.2. The highest BCUT2D eigenvalue weighted by Gasteiger charge is 2.45. The fourth-order valence-electron chi connectivity index (χ4n) is 3.09. The summed E-state index contributed by atoms with van der Waals surface area (Å²) in [5.41, 5.74) is 2.60. The first kappa shape index (κ1) is 14.7. The van der Waals surface area contributed by atoms with Crippen molar-refractivity contribution < 1.29 is 0 Å². The smallest absolute Gasteiger partial charge is 0.153 e. The third kappa shape index (κ3) is 3.04. The second-order valence-corrected chi connectivity index (χ2v) is 6.49. The molecule has 3 unspecified atom stereocenters. The molecule has 3 rings (SSSR count). The van der Waals surface area contributed by atoms with Crippen LogP contribution in [0.4, 0.5) is 0 Å². The fraction of sp³-hybridized carbons (Fsp3) is 0.500. The van der Waals surface area contributed by atoms with Crippen LogP contribution in [-0.2, 0) is 7.05 Å². The number of hydrogen-bond acceptors (Lipinski definition) is 3. The molecule has 5 heteroatoms. The Morgan fingerprint density at radius 1 is 1.38 bits per heavy atom. The third-order valence-corrected chi connectivity index (χ3v) is 4.80. The topological polar surface area (TPSA) is 42.7 Å². The molecule has 0 radical (unpaired) electrons. The van der Waals surface area contributed by atoms with Crippen molar-refractivity contribution in [1.29, 1.82) is 0 Å². The maximum Gasteiger partial charge on any atom is 0.153 e. The average molecular weight is 349 g/mol. The van der Waals surface area contributed by atoms with E-state index in [0.29, 0.717) is 17.9 Å². The van der Waals surface area contributed by atoms with Gasteiger partial charge in [0.2, 0.25) is 0 Å². The van der Waals surface area contributed by atoms with Crippen molar-refractivity contribution in [1.82, 2.24) is 20.3 Å². The molecule has 0 amide bonds. The van der Waals surface area contributed by atoms with Crippen LogP contribution in [-0.4, -0.2) is 21.5 Å². The molecule has 2 aromatic rings. The Bertz CT molecular complexity index is 576. The van der Waals surface area contributed by atoms with E-state index in [1.807, 2.05) is 11.7 Å². The summed E-state index contributed by atoms with van der Waals surface area (Å²) in [6.07, 6.45) is 2.35. The number of nitrogens with one attached hydrogen (secondary N) is 1. The van der Waals surface area contributed by atoms with Crippen LogP contribution >= 0.6 is 15.9 Å². The Labute approximate surface area is 134 Å². The van der Waals surface area contributed by atoms with Crippen molar-refractivity contribution >= 4 is 15.9 Å². The van der Waals surface area contributed by atoms with Crippen LogP contribution in [0.2, 0.25) is 0 Å². The monoisotopic (exact) mass is 348 g/mol. The van der Waals surface area contributed by atoms with Crippen LogP contribution in [0.25, 0.3) is 0 Å². The predicted molar refractivity (Wildman–Crippen MR) is 87.0 cm³/mol. The number of benzene rings is 1. The summed E-state index contributed by atoms with van der Waals surface area (Å²) in [6, 6.07) is 11.1. The van der Waals surface area contributed by atoms with E-state index in [0.717, 1.165) is 23.3 Å². The first-order valence-corrected chi connectivity index (χ1v) is 8.35. The number of hydrogen-bond donors (Lipinski definition) is 1. The Morgan fingerprint density at radius 2 is 2.14 bits per heavy atom. The van der Waals surface area contributed by atoms with E-state index >= 15 is 0 Å². The Hall–Kier alpha value is -1.20. The molecule has 1 heterocycles. The number of rotatable bonds is 6. The Kier molecular flexibility index (Phi) is 4.40. The van der Waals surface area contributed by atoms with Gasteiger partial charge in [-0.1, -0.05) is 42.5 Å². The van der Waals surface area contributed by atoms with Gasteiger partial charge in [-0.05, 0) is 52.7 Å². The number of aryl methyl sites for hydroxylation is 1. The zero-order valence-corrected chi connectivity index (χ0v) is 14.0. The molecule has 112 valence electrons. The van der Waals surface area contributed by atoms with E-state index in [1.54, 1.807) is 0 Å². The third-order valence-electron chi connectivity index (χ3n) is 4.23. The molecule has 0 bridgehead atoms. The van der Waals surface area contributed by atoms with Gasteiger partial charge in [-0.15, -0.1) is 5.10 Å². The van der Waals surface area contributed by atoms with Crippen LogP contribution in [0, 0.1) is 5.92 Å². The number of nitrogens with zero attached hydrogens (tertiary/aromatic N) is 3. The summed E-state index contributed by atoms with van der Waals surface area (Å²) in [5, 5.41) is 12.0. The lowest BCUT2D eigenvalue weighted by atomic mass is 10.0. The zero-order valence-electron chi connectivity index (χ0n) is 12.5. The second-order valence-electron chi connectivity index (χ2n) is 5.74. The number of aromatic nitrogens is 3. The lowest BCUT2D eigenvalue weighted by Gasteiger charge is -2.19. The van der Waals surface area contributed by atoms with E-state index in [9.17, 15) is 0 Å². The minimum atomic E-state index is 0.310. The lowest BCUT2D eigenvalue weighted by molar-refractivity contribution is 0.442. The van der Waals surface area contributed by atoms with Crippen LogP contribution in [0.15, 0.2) is 34.9 Å². The van der Waals surface area contributed by atoms with Gasteiger partial charge in [0.1, 0.15) is 0 Å². The van der Waals surface area contributed by atoms with Crippen molar-refractivity contribution in [2.45, 2.75) is 31.7 Å². The first-order chi connectivity index (χ1) is 10.2. The average Bonchev–Trinajstić information content (AvgIpc) is 3.23. The van der Waals surface area contributed by atoms with Gasteiger partial charge in [-0.25, -0.2) is 4.68 Å². The van der Waals surface area contributed by atoms with E-state index in [4.69, 9.17) is 0 Å². The molecular weight excluding hydrogens is 328 g/mol. The molecule has 21 heavy (non-hydrogen) atoms. The van der Waals surface area contributed by atoms with Crippen molar-refractivity contribution in [3.8, 4) is 0 Å². The van der Waals surface area contributed by atoms with Crippen molar-refractivity contribution in [2.75, 3.05) is 6.54 Å². The standard InChI is InChI=1S/C16H21BrN4/c1-3-9-18-14(15-16(17)19-20-21(15)2)13-10-12(13)11-7-5-4-6-8-11/h4-8,12-14,18H,3,9-10H2,1-2H3. The summed E-state index contributed by atoms with van der Waals surface area (Å²) in [5.74, 6) is 1.26. The van der Waals surface area contributed by atoms with Crippen LogP contribution in [0.3, 0.4) is 0 Å². The van der Waals surface area contributed by atoms with Gasteiger partial charge >= 0.3 is 0 Å². The van der Waals surface area contributed by atoms with Gasteiger partial charge in [-0.2, -0.15) is 0 Å². The highest BCUT2D eigenvalue weighted by molar-refractivity contribution is 9.10. The lowest BCUT2D eigenvalue weighted by Crippen LogP contribution is -2.26. The molecule has 0 spiro atoms. The SMILES string of the molecule is CCCNC(c1c(Br)nnn1C)C1CC1c1ccccc1. The van der Waals surface area contributed by atoms with Gasteiger partial charge < -0.3 is 5.32 Å². The van der Waals surface area contributed by atoms with Gasteiger partial charge in [0.15, 0.2) is 4.60 Å². The zero-order chi connectivity index (χ0) is 14.8. The summed E-state index contributed by atoms with van der Waals surface area (Å²) in [4.78, 5) is 0. The quantitative estimate of drug-likeness (QED) is 0.869. The minimum Gasteiger partial charge on any atom is -0.308 e. The summed E-state index contributed by atoms with van der Waals surface area (Å²) in [6.45, 7) is 3.21. The molecular formula is C16H21BrN4. The summed E-state index contributed by atoms with van der Waals surface area (Å²) < 4.78 is 2.75. The van der Waals surface area contributed by atoms with Crippen molar-refractivity contribution in [2.24, 2.45) is 13.0 Å². The molecule has 1 saturated carbocycles. The minimum absolute atomic E-state index is 0.310. The van der Waals surface area contributed by atoms with E-state index in [2.05, 4.69) is 68.8 Å². The van der Waals surface area contributed by atoms with Gasteiger partial charge in [0.05, 0.1) is 11.7 Å². The molecule has 0 saturated heterocycles. The van der Waals surface area contributed by atoms with Crippen molar-refractivity contribution in [3.63, 3.8) is 0 Å². The van der Waals surface area contributed by atoms with Crippen molar-refractivity contribution in [3.05, 3.63) is 46.2 Å². The Morgan fingerprint density at radius 3 is 2.76 bits per heavy atom. The summed E-state index contributed by atoms with van der Waals surface area (Å²) in [7, 11) is 1.97. The predicted octanol–water partition coefficient (Wildman–Crippen LogP) is 3.42. The molecule has 0 aliphatic heterocycles. The molecule has 1 fully saturated rings. The molecule has 3 atom stereocenters. The molecule has 1 aromatic heterocycles. The molecule has 4 nitrogen and oxygen atoms in total. The van der Waals surface area contributed by atoms with Gasteiger partial charge in [0, 0.05) is 7.05 Å². The van der Waals surface area contributed by atoms with Gasteiger partial charge in [-0.3, -0.25) is 0 Å². The first-order valence-electron chi connectivity index (χ1n) is 7.55. The Balaban J connectivity index is 1.82. The van der Waals surface area contributed by atoms with Crippen LogP contribution in [0.5, 0.6) is 0 Å². The van der Waals surface area contributed by atoms with E-state index in [1.165, 1.54) is 12.0 Å². The second kappa shape index (κ2) is 6.28. The van der Waals surface area contributed by atoms with Gasteiger partial charge in [0.25, 0.3) is 0 Å². The molecule has 1 aliphatic rings. The highest BCUT2D eigenvalue weighted by atomic mass is 79.9. The highest BCUT2D eigenvalue weighted by Crippen LogP contribution is 2.54. The van der Waals surface area contributed by atoms with Crippen LogP contribution < -0.4 is 5.32 Å². The maximum atomic E-state index is 4.14. The molecule has 1 aromatic carbocycles. The van der Waals surface area contributed by atoms with E-state index < -0.39 is 0 Å². The fourth-order valence-corrected chi connectivity index (χ4v) is 3.66. The van der Waals surface area contributed by atoms with E-state index in [-0.39, 0.29) is 0 Å². The molecule has 1 N–H and O–H groups in total. The maximum absolute atomic E-state index is 4.14. The largest absolute Gasteiger partial charge is 0.308 e. The number of halogens is 1. The summed E-state index contributed by atoms with van der Waals surface area (Å²) >= 11 is 3.55. The molecule has 1 aliphatic carbocycles. The van der Waals surface area contributed by atoms with Crippen LogP contribution in [0.1, 0.15) is 43.0 Å².